The molecule has 0 aliphatic carbocycles. The number of hydrogen-bond acceptors (Lipinski definition) is 4. The normalized spacial score (nSPS) is 14.9. The first kappa shape index (κ1) is 18.6. The molecular formula is C21H26N2O2S. The lowest BCUT2D eigenvalue weighted by Gasteiger charge is -2.33. The van der Waals surface area contributed by atoms with Crippen molar-refractivity contribution < 1.29 is 9.53 Å². The van der Waals surface area contributed by atoms with E-state index in [2.05, 4.69) is 42.6 Å². The molecule has 5 heteroatoms. The summed E-state index contributed by atoms with van der Waals surface area (Å²) in [5, 5.41) is 3.55. The van der Waals surface area contributed by atoms with Crippen LogP contribution in [-0.4, -0.2) is 42.8 Å². The molecule has 0 saturated carbocycles. The maximum Gasteiger partial charge on any atom is 0.232 e. The highest BCUT2D eigenvalue weighted by atomic mass is 32.2. The van der Waals surface area contributed by atoms with E-state index >= 15 is 0 Å². The van der Waals surface area contributed by atoms with Crippen LogP contribution in [0.25, 0.3) is 0 Å². The minimum Gasteiger partial charge on any atom is -0.497 e. The van der Waals surface area contributed by atoms with Gasteiger partial charge in [0, 0.05) is 35.8 Å². The standard InChI is InChI=1S/C21H26N2O2S/c1-16-6-8-20(9-7-16)26-15-21(24)23-12-10-17(11-13-23)22-18-4-3-5-19(14-18)25-2/h3-9,14,17,22H,10-13,15H2,1-2H3. The second-order valence-corrected chi connectivity index (χ2v) is 7.68. The Morgan fingerprint density at radius 3 is 2.62 bits per heavy atom. The number of aryl methyl sites for hydroxylation is 1. The van der Waals surface area contributed by atoms with Gasteiger partial charge in [0.2, 0.25) is 5.91 Å². The first-order valence-corrected chi connectivity index (χ1v) is 10.0. The lowest BCUT2D eigenvalue weighted by Crippen LogP contribution is -2.43. The van der Waals surface area contributed by atoms with Crippen molar-refractivity contribution in [3.05, 3.63) is 54.1 Å². The zero-order valence-electron chi connectivity index (χ0n) is 15.4. The van der Waals surface area contributed by atoms with Crippen molar-refractivity contribution >= 4 is 23.4 Å². The molecule has 1 N–H and O–H groups in total. The molecule has 3 rings (SSSR count). The van der Waals surface area contributed by atoms with Crippen molar-refractivity contribution in [3.8, 4) is 5.75 Å². The number of likely N-dealkylation sites (tertiary alicyclic amines) is 1. The van der Waals surface area contributed by atoms with Gasteiger partial charge in [0.05, 0.1) is 12.9 Å². The zero-order chi connectivity index (χ0) is 18.4. The van der Waals surface area contributed by atoms with Gasteiger partial charge in [0.25, 0.3) is 0 Å². The second-order valence-electron chi connectivity index (χ2n) is 6.63. The van der Waals surface area contributed by atoms with Crippen molar-refractivity contribution in [1.82, 2.24) is 4.90 Å². The molecule has 1 aliphatic rings. The molecule has 0 aromatic heterocycles. The van der Waals surface area contributed by atoms with E-state index in [0.717, 1.165) is 42.3 Å². The van der Waals surface area contributed by atoms with Crippen molar-refractivity contribution in [2.75, 3.05) is 31.3 Å². The number of carbonyl (C=O) groups is 1. The molecule has 1 aliphatic heterocycles. The summed E-state index contributed by atoms with van der Waals surface area (Å²) in [6, 6.07) is 16.7. The molecule has 0 atom stereocenters. The molecule has 1 amide bonds. The largest absolute Gasteiger partial charge is 0.497 e. The molecule has 0 spiro atoms. The third-order valence-electron chi connectivity index (χ3n) is 4.67. The number of hydrogen-bond donors (Lipinski definition) is 1. The summed E-state index contributed by atoms with van der Waals surface area (Å²) in [4.78, 5) is 15.6. The second kappa shape index (κ2) is 8.99. The number of thioether (sulfide) groups is 1. The number of piperidine rings is 1. The average Bonchev–Trinajstić information content (AvgIpc) is 2.68. The fourth-order valence-corrected chi connectivity index (χ4v) is 3.89. The summed E-state index contributed by atoms with van der Waals surface area (Å²) in [5.41, 5.74) is 2.32. The van der Waals surface area contributed by atoms with Gasteiger partial charge in [0.15, 0.2) is 0 Å². The lowest BCUT2D eigenvalue weighted by atomic mass is 10.0. The van der Waals surface area contributed by atoms with E-state index in [4.69, 9.17) is 4.74 Å². The third-order valence-corrected chi connectivity index (χ3v) is 5.67. The maximum absolute atomic E-state index is 12.5. The number of carbonyl (C=O) groups excluding carboxylic acids is 1. The quantitative estimate of drug-likeness (QED) is 0.774. The van der Waals surface area contributed by atoms with E-state index in [9.17, 15) is 4.79 Å². The van der Waals surface area contributed by atoms with Gasteiger partial charge in [-0.3, -0.25) is 4.79 Å². The molecule has 1 saturated heterocycles. The van der Waals surface area contributed by atoms with Gasteiger partial charge < -0.3 is 15.0 Å². The highest BCUT2D eigenvalue weighted by Crippen LogP contribution is 2.22. The van der Waals surface area contributed by atoms with Crippen LogP contribution < -0.4 is 10.1 Å². The topological polar surface area (TPSA) is 41.6 Å². The van der Waals surface area contributed by atoms with E-state index in [0.29, 0.717) is 11.8 Å². The highest BCUT2D eigenvalue weighted by Gasteiger charge is 2.22. The van der Waals surface area contributed by atoms with Crippen LogP contribution in [0.5, 0.6) is 5.75 Å². The summed E-state index contributed by atoms with van der Waals surface area (Å²) in [6.45, 7) is 3.70. The van der Waals surface area contributed by atoms with Crippen LogP contribution >= 0.6 is 11.8 Å². The lowest BCUT2D eigenvalue weighted by molar-refractivity contribution is -0.129. The number of nitrogens with one attached hydrogen (secondary N) is 1. The number of ether oxygens (including phenoxy) is 1. The molecule has 0 unspecified atom stereocenters. The Balaban J connectivity index is 1.43. The zero-order valence-corrected chi connectivity index (χ0v) is 16.2. The van der Waals surface area contributed by atoms with E-state index in [-0.39, 0.29) is 5.91 Å². The summed E-state index contributed by atoms with van der Waals surface area (Å²) in [7, 11) is 1.68. The molecule has 2 aromatic carbocycles. The van der Waals surface area contributed by atoms with Gasteiger partial charge in [-0.15, -0.1) is 11.8 Å². The van der Waals surface area contributed by atoms with Crippen molar-refractivity contribution in [2.45, 2.75) is 30.7 Å². The summed E-state index contributed by atoms with van der Waals surface area (Å²) in [6.07, 6.45) is 1.94. The van der Waals surface area contributed by atoms with Crippen LogP contribution in [0.15, 0.2) is 53.4 Å². The monoisotopic (exact) mass is 370 g/mol. The smallest absolute Gasteiger partial charge is 0.232 e. The molecule has 2 aromatic rings. The van der Waals surface area contributed by atoms with E-state index in [1.54, 1.807) is 18.9 Å². The molecule has 138 valence electrons. The Morgan fingerprint density at radius 1 is 1.19 bits per heavy atom. The van der Waals surface area contributed by atoms with Crippen LogP contribution in [0.4, 0.5) is 5.69 Å². The highest BCUT2D eigenvalue weighted by molar-refractivity contribution is 8.00. The minimum atomic E-state index is 0.232. The SMILES string of the molecule is COc1cccc(NC2CCN(C(=O)CSc3ccc(C)cc3)CC2)c1. The first-order chi connectivity index (χ1) is 12.6. The van der Waals surface area contributed by atoms with Gasteiger partial charge >= 0.3 is 0 Å². The van der Waals surface area contributed by atoms with E-state index in [1.165, 1.54) is 5.56 Å². The Labute approximate surface area is 159 Å². The van der Waals surface area contributed by atoms with E-state index in [1.807, 2.05) is 23.1 Å². The van der Waals surface area contributed by atoms with Gasteiger partial charge in [-0.2, -0.15) is 0 Å². The summed E-state index contributed by atoms with van der Waals surface area (Å²) >= 11 is 1.62. The summed E-state index contributed by atoms with van der Waals surface area (Å²) in [5.74, 6) is 1.60. The third kappa shape index (κ3) is 5.18. The van der Waals surface area contributed by atoms with E-state index < -0.39 is 0 Å². The fraction of sp³-hybridized carbons (Fsp3) is 0.381. The number of nitrogens with zero attached hydrogens (tertiary/aromatic N) is 1. The molecule has 26 heavy (non-hydrogen) atoms. The van der Waals surface area contributed by atoms with Gasteiger partial charge in [0.1, 0.15) is 5.75 Å². The average molecular weight is 371 g/mol. The van der Waals surface area contributed by atoms with Crippen LogP contribution in [0, 0.1) is 6.92 Å². The van der Waals surface area contributed by atoms with Crippen LogP contribution in [0.2, 0.25) is 0 Å². The molecule has 0 bridgehead atoms. The van der Waals surface area contributed by atoms with Gasteiger partial charge in [-0.25, -0.2) is 0 Å². The number of amides is 1. The number of benzene rings is 2. The first-order valence-electron chi connectivity index (χ1n) is 9.02. The van der Waals surface area contributed by atoms with Gasteiger partial charge in [-0.05, 0) is 44.0 Å². The molecule has 0 radical (unpaired) electrons. The molecule has 1 heterocycles. The van der Waals surface area contributed by atoms with Crippen molar-refractivity contribution in [3.63, 3.8) is 0 Å². The molecular weight excluding hydrogens is 344 g/mol. The maximum atomic E-state index is 12.5. The Morgan fingerprint density at radius 2 is 1.92 bits per heavy atom. The number of anilines is 1. The fourth-order valence-electron chi connectivity index (χ4n) is 3.09. The van der Waals surface area contributed by atoms with Crippen LogP contribution in [0.1, 0.15) is 18.4 Å². The molecule has 1 fully saturated rings. The van der Waals surface area contributed by atoms with Crippen LogP contribution in [-0.2, 0) is 4.79 Å². The predicted octanol–water partition coefficient (Wildman–Crippen LogP) is 4.20. The van der Waals surface area contributed by atoms with Crippen LogP contribution in [0.3, 0.4) is 0 Å². The minimum absolute atomic E-state index is 0.232. The number of rotatable bonds is 6. The van der Waals surface area contributed by atoms with Crippen molar-refractivity contribution in [2.24, 2.45) is 0 Å². The summed E-state index contributed by atoms with van der Waals surface area (Å²) < 4.78 is 5.27. The van der Waals surface area contributed by atoms with Crippen molar-refractivity contribution in [1.29, 1.82) is 0 Å². The Hall–Kier alpha value is -2.14. The van der Waals surface area contributed by atoms with Gasteiger partial charge in [-0.1, -0.05) is 23.8 Å². The molecule has 4 nitrogen and oxygen atoms in total. The Kier molecular flexibility index (Phi) is 6.45. The number of methoxy groups -OCH3 is 1. The Bertz CT molecular complexity index is 725. The predicted molar refractivity (Wildman–Crippen MR) is 108 cm³/mol.